The Morgan fingerprint density at radius 3 is 2.03 bits per heavy atom. The maximum Gasteiger partial charge on any atom is 0.407 e. The van der Waals surface area contributed by atoms with E-state index in [9.17, 15) is 24.3 Å². The molecule has 0 heterocycles. The Labute approximate surface area is 214 Å². The molecule has 10 nitrogen and oxygen atoms in total. The van der Waals surface area contributed by atoms with E-state index in [-0.39, 0.29) is 11.8 Å². The summed E-state index contributed by atoms with van der Waals surface area (Å²) in [5.74, 6) is -2.06. The summed E-state index contributed by atoms with van der Waals surface area (Å²) in [5.41, 5.74) is -0.142. The van der Waals surface area contributed by atoms with E-state index in [1.807, 2.05) is 6.92 Å². The van der Waals surface area contributed by atoms with Gasteiger partial charge in [-0.05, 0) is 38.7 Å². The fourth-order valence-corrected chi connectivity index (χ4v) is 3.46. The van der Waals surface area contributed by atoms with Crippen LogP contribution >= 0.6 is 0 Å². The number of rotatable bonds is 11. The van der Waals surface area contributed by atoms with Gasteiger partial charge in [0.05, 0.1) is 6.04 Å². The number of alkyl carbamates (subject to hydrolysis) is 1. The number of hydrogen-bond acceptors (Lipinski definition) is 6. The summed E-state index contributed by atoms with van der Waals surface area (Å²) in [4.78, 5) is 52.5. The lowest BCUT2D eigenvalue weighted by Gasteiger charge is -2.29. The van der Waals surface area contributed by atoms with Gasteiger partial charge in [-0.2, -0.15) is 0 Å². The molecule has 0 saturated carbocycles. The summed E-state index contributed by atoms with van der Waals surface area (Å²) in [6.45, 7) is 10.5. The number of aliphatic hydroxyl groups is 1. The number of amides is 4. The van der Waals surface area contributed by atoms with E-state index in [4.69, 9.17) is 4.74 Å². The molecular weight excluding hydrogens is 464 g/mol. The average molecular weight is 507 g/mol. The molecule has 4 N–H and O–H groups in total. The molecule has 0 spiro atoms. The van der Waals surface area contributed by atoms with Gasteiger partial charge in [0.15, 0.2) is 6.10 Å². The molecule has 36 heavy (non-hydrogen) atoms. The molecule has 0 aromatic heterocycles. The molecule has 202 valence electrons. The molecule has 1 aromatic rings. The van der Waals surface area contributed by atoms with Gasteiger partial charge in [0.2, 0.25) is 11.8 Å². The molecule has 1 unspecified atom stereocenters. The van der Waals surface area contributed by atoms with E-state index < -0.39 is 47.7 Å². The maximum absolute atomic E-state index is 13.2. The Morgan fingerprint density at radius 1 is 0.972 bits per heavy atom. The van der Waals surface area contributed by atoms with Crippen molar-refractivity contribution in [3.63, 3.8) is 0 Å². The van der Waals surface area contributed by atoms with Crippen LogP contribution in [0.2, 0.25) is 0 Å². The molecule has 4 amide bonds. The van der Waals surface area contributed by atoms with Gasteiger partial charge >= 0.3 is 6.09 Å². The molecule has 10 heteroatoms. The molecule has 0 aliphatic rings. The van der Waals surface area contributed by atoms with Crippen molar-refractivity contribution in [3.05, 3.63) is 35.9 Å². The Kier molecular flexibility index (Phi) is 11.9. The second kappa shape index (κ2) is 13.8. The highest BCUT2D eigenvalue weighted by Crippen LogP contribution is 2.16. The molecule has 0 aliphatic heterocycles. The number of nitrogens with one attached hydrogen (secondary N) is 3. The largest absolute Gasteiger partial charge is 0.444 e. The molecule has 0 saturated heterocycles. The number of ether oxygens (including phenoxy) is 1. The smallest absolute Gasteiger partial charge is 0.407 e. The van der Waals surface area contributed by atoms with Crippen LogP contribution in [0, 0.1) is 5.92 Å². The summed E-state index contributed by atoms with van der Waals surface area (Å²) in [6.07, 6.45) is -1.46. The molecule has 1 aromatic carbocycles. The lowest BCUT2D eigenvalue weighted by atomic mass is 9.99. The summed E-state index contributed by atoms with van der Waals surface area (Å²) >= 11 is 0. The van der Waals surface area contributed by atoms with Gasteiger partial charge in [-0.3, -0.25) is 14.4 Å². The van der Waals surface area contributed by atoms with Crippen LogP contribution in [0.4, 0.5) is 4.79 Å². The van der Waals surface area contributed by atoms with Crippen molar-refractivity contribution in [2.45, 2.75) is 84.2 Å². The van der Waals surface area contributed by atoms with Crippen LogP contribution in [0.15, 0.2) is 30.3 Å². The van der Waals surface area contributed by atoms with Gasteiger partial charge in [-0.15, -0.1) is 0 Å². The van der Waals surface area contributed by atoms with Crippen LogP contribution in [-0.4, -0.2) is 71.7 Å². The lowest BCUT2D eigenvalue weighted by molar-refractivity contribution is -0.138. The van der Waals surface area contributed by atoms with Crippen molar-refractivity contribution in [2.75, 3.05) is 14.1 Å². The highest BCUT2D eigenvalue weighted by molar-refractivity contribution is 5.93. The normalized spacial score (nSPS) is 14.7. The zero-order chi connectivity index (χ0) is 27.6. The molecule has 1 rings (SSSR count). The summed E-state index contributed by atoms with van der Waals surface area (Å²) < 4.78 is 5.24. The Bertz CT molecular complexity index is 882. The summed E-state index contributed by atoms with van der Waals surface area (Å²) in [7, 11) is 3.18. The third kappa shape index (κ3) is 9.85. The maximum atomic E-state index is 13.2. The van der Waals surface area contributed by atoms with E-state index in [1.54, 1.807) is 79.0 Å². The number of hydrogen-bond donors (Lipinski definition) is 4. The minimum absolute atomic E-state index is 0.319. The fourth-order valence-electron chi connectivity index (χ4n) is 3.46. The Hall–Kier alpha value is -3.14. The van der Waals surface area contributed by atoms with Crippen LogP contribution in [0.5, 0.6) is 0 Å². The van der Waals surface area contributed by atoms with Crippen molar-refractivity contribution in [3.8, 4) is 0 Å². The Morgan fingerprint density at radius 2 is 1.56 bits per heavy atom. The van der Waals surface area contributed by atoms with Gasteiger partial charge in [0, 0.05) is 14.1 Å². The zero-order valence-electron chi connectivity index (χ0n) is 22.6. The minimum atomic E-state index is -1.61. The second-order valence-corrected chi connectivity index (χ2v) is 10.3. The monoisotopic (exact) mass is 506 g/mol. The first-order valence-corrected chi connectivity index (χ1v) is 12.2. The van der Waals surface area contributed by atoms with Crippen molar-refractivity contribution >= 4 is 23.8 Å². The van der Waals surface area contributed by atoms with Crippen LogP contribution in [0.25, 0.3) is 0 Å². The van der Waals surface area contributed by atoms with Crippen molar-refractivity contribution in [1.82, 2.24) is 20.9 Å². The van der Waals surface area contributed by atoms with Gasteiger partial charge < -0.3 is 30.7 Å². The third-order valence-corrected chi connectivity index (χ3v) is 5.31. The Balaban J connectivity index is 3.03. The topological polar surface area (TPSA) is 137 Å². The standard InChI is InChI=1S/C26H42N4O6/c1-9-13-18(27-25(35)36-26(4,5)6)21(31)23(33)28-19(16(2)3)22(32)29-20(24(34)30(7)8)17-14-11-10-12-15-17/h10-12,14-16,18-21,31H,9,13H2,1-8H3,(H,27,35)(H,28,33)(H,29,32)/t18-,19-,20-,21?/m0/s1. The molecule has 4 atom stereocenters. The van der Waals surface area contributed by atoms with Crippen molar-refractivity contribution < 1.29 is 29.0 Å². The average Bonchev–Trinajstić information content (AvgIpc) is 2.78. The predicted molar refractivity (Wildman–Crippen MR) is 137 cm³/mol. The van der Waals surface area contributed by atoms with E-state index in [0.29, 0.717) is 18.4 Å². The first-order chi connectivity index (χ1) is 16.7. The number of benzene rings is 1. The summed E-state index contributed by atoms with van der Waals surface area (Å²) in [5, 5.41) is 18.6. The SMILES string of the molecule is CCC[C@H](NC(=O)OC(C)(C)C)C(O)C(=O)N[C@H](C(=O)N[C@H](C(=O)N(C)C)c1ccccc1)C(C)C. The van der Waals surface area contributed by atoms with E-state index in [0.717, 1.165) is 0 Å². The molecular formula is C26H42N4O6. The van der Waals surface area contributed by atoms with Gasteiger partial charge in [0.1, 0.15) is 17.7 Å². The van der Waals surface area contributed by atoms with Crippen LogP contribution in [-0.2, 0) is 19.1 Å². The molecule has 0 aliphatic carbocycles. The number of nitrogens with zero attached hydrogens (tertiary/aromatic N) is 1. The first-order valence-electron chi connectivity index (χ1n) is 12.2. The third-order valence-electron chi connectivity index (χ3n) is 5.31. The quantitative estimate of drug-likeness (QED) is 0.363. The van der Waals surface area contributed by atoms with Crippen LogP contribution in [0.3, 0.4) is 0 Å². The molecule has 0 fully saturated rings. The highest BCUT2D eigenvalue weighted by Gasteiger charge is 2.34. The minimum Gasteiger partial charge on any atom is -0.444 e. The summed E-state index contributed by atoms with van der Waals surface area (Å²) in [6, 6.07) is 5.91. The van der Waals surface area contributed by atoms with Gasteiger partial charge in [-0.1, -0.05) is 57.5 Å². The second-order valence-electron chi connectivity index (χ2n) is 10.3. The highest BCUT2D eigenvalue weighted by atomic mass is 16.6. The number of aliphatic hydroxyl groups excluding tert-OH is 1. The van der Waals surface area contributed by atoms with Gasteiger partial charge in [0.25, 0.3) is 5.91 Å². The number of carbonyl (C=O) groups is 4. The van der Waals surface area contributed by atoms with Crippen molar-refractivity contribution in [1.29, 1.82) is 0 Å². The first kappa shape index (κ1) is 30.9. The van der Waals surface area contributed by atoms with Crippen LogP contribution in [0.1, 0.15) is 66.0 Å². The van der Waals surface area contributed by atoms with Gasteiger partial charge in [-0.25, -0.2) is 4.79 Å². The van der Waals surface area contributed by atoms with Crippen LogP contribution < -0.4 is 16.0 Å². The predicted octanol–water partition coefficient (Wildman–Crippen LogP) is 2.13. The number of carbonyl (C=O) groups excluding carboxylic acids is 4. The van der Waals surface area contributed by atoms with E-state index in [2.05, 4.69) is 16.0 Å². The number of likely N-dealkylation sites (N-methyl/N-ethyl adjacent to an activating group) is 1. The molecule has 0 bridgehead atoms. The molecule has 0 radical (unpaired) electrons. The van der Waals surface area contributed by atoms with E-state index in [1.165, 1.54) is 4.90 Å². The van der Waals surface area contributed by atoms with E-state index >= 15 is 0 Å². The zero-order valence-corrected chi connectivity index (χ0v) is 22.6. The lowest BCUT2D eigenvalue weighted by Crippen LogP contribution is -2.57. The van der Waals surface area contributed by atoms with Crippen molar-refractivity contribution in [2.24, 2.45) is 5.92 Å². The fraction of sp³-hybridized carbons (Fsp3) is 0.615.